The predicted molar refractivity (Wildman–Crippen MR) is 83.4 cm³/mol. The van der Waals surface area contributed by atoms with Crippen LogP contribution in [0, 0.1) is 20.8 Å². The third-order valence-corrected chi connectivity index (χ3v) is 4.10. The number of furan rings is 1. The van der Waals surface area contributed by atoms with Gasteiger partial charge in [-0.2, -0.15) is 0 Å². The first-order valence-electron chi connectivity index (χ1n) is 6.53. The number of aryl methyl sites for hydroxylation is 2. The smallest absolute Gasteiger partial charge is 0.255 e. The van der Waals surface area contributed by atoms with Crippen molar-refractivity contribution in [3.05, 3.63) is 58.5 Å². The Morgan fingerprint density at radius 3 is 2.35 bits per heavy atom. The van der Waals surface area contributed by atoms with E-state index in [1.807, 2.05) is 51.1 Å². The van der Waals surface area contributed by atoms with Crippen molar-refractivity contribution in [3.8, 4) is 0 Å². The van der Waals surface area contributed by atoms with Crippen molar-refractivity contribution in [1.29, 1.82) is 0 Å². The van der Waals surface area contributed by atoms with E-state index in [4.69, 9.17) is 4.42 Å². The first-order chi connectivity index (χ1) is 9.54. The Kier molecular flexibility index (Phi) is 4.65. The third kappa shape index (κ3) is 2.96. The molecule has 106 valence electrons. The van der Waals surface area contributed by atoms with E-state index in [9.17, 15) is 4.79 Å². The number of hydrogen-bond acceptors (Lipinski definition) is 2. The predicted octanol–water partition coefficient (Wildman–Crippen LogP) is 4.07. The zero-order chi connectivity index (χ0) is 14.7. The molecule has 1 aromatic carbocycles. The Hall–Kier alpha value is -1.55. The van der Waals surface area contributed by atoms with Gasteiger partial charge < -0.3 is 9.73 Å². The van der Waals surface area contributed by atoms with Crippen molar-refractivity contribution in [1.82, 2.24) is 5.32 Å². The van der Waals surface area contributed by atoms with E-state index in [-0.39, 0.29) is 11.9 Å². The van der Waals surface area contributed by atoms with E-state index in [1.54, 1.807) is 0 Å². The van der Waals surface area contributed by atoms with Crippen LogP contribution in [0.2, 0.25) is 0 Å². The summed E-state index contributed by atoms with van der Waals surface area (Å²) in [7, 11) is 0. The van der Waals surface area contributed by atoms with Crippen molar-refractivity contribution in [2.45, 2.75) is 26.8 Å². The van der Waals surface area contributed by atoms with E-state index in [0.29, 0.717) is 16.7 Å². The van der Waals surface area contributed by atoms with Crippen LogP contribution in [0.4, 0.5) is 0 Å². The second-order valence-electron chi connectivity index (χ2n) is 4.81. The molecule has 2 aromatic rings. The molecule has 1 heterocycles. The molecular formula is C16H18BrNO2. The molecular weight excluding hydrogens is 318 g/mol. The van der Waals surface area contributed by atoms with Gasteiger partial charge in [-0.3, -0.25) is 4.79 Å². The molecule has 0 saturated carbocycles. The molecule has 0 aliphatic carbocycles. The summed E-state index contributed by atoms with van der Waals surface area (Å²) in [6, 6.07) is 9.85. The molecule has 1 aromatic heterocycles. The summed E-state index contributed by atoms with van der Waals surface area (Å²) in [6.07, 6.45) is 0. The Bertz CT molecular complexity index is 604. The molecule has 1 N–H and O–H groups in total. The number of nitrogens with one attached hydrogen (secondary N) is 1. The zero-order valence-electron chi connectivity index (χ0n) is 11.9. The van der Waals surface area contributed by atoms with Gasteiger partial charge in [0.05, 0.1) is 11.6 Å². The number of rotatable bonds is 4. The summed E-state index contributed by atoms with van der Waals surface area (Å²) in [5, 5.41) is 3.71. The lowest BCUT2D eigenvalue weighted by atomic mass is 10.1. The van der Waals surface area contributed by atoms with Crippen molar-refractivity contribution in [2.24, 2.45) is 0 Å². The molecule has 20 heavy (non-hydrogen) atoms. The molecule has 0 aliphatic rings. The van der Waals surface area contributed by atoms with Crippen LogP contribution in [0.15, 0.2) is 34.7 Å². The number of halogens is 1. The average Bonchev–Trinajstić information content (AvgIpc) is 2.70. The van der Waals surface area contributed by atoms with Gasteiger partial charge in [-0.1, -0.05) is 46.3 Å². The van der Waals surface area contributed by atoms with Gasteiger partial charge in [-0.25, -0.2) is 0 Å². The second kappa shape index (κ2) is 6.27. The summed E-state index contributed by atoms with van der Waals surface area (Å²) in [5.41, 5.74) is 2.62. The van der Waals surface area contributed by atoms with Gasteiger partial charge >= 0.3 is 0 Å². The quantitative estimate of drug-likeness (QED) is 0.855. The summed E-state index contributed by atoms with van der Waals surface area (Å²) in [4.78, 5) is 12.5. The minimum Gasteiger partial charge on any atom is -0.466 e. The van der Waals surface area contributed by atoms with Crippen LogP contribution in [-0.4, -0.2) is 11.2 Å². The Labute approximate surface area is 127 Å². The highest BCUT2D eigenvalue weighted by molar-refractivity contribution is 9.09. The zero-order valence-corrected chi connectivity index (χ0v) is 13.5. The van der Waals surface area contributed by atoms with Crippen LogP contribution in [0.3, 0.4) is 0 Å². The molecule has 1 amide bonds. The Morgan fingerprint density at radius 2 is 1.85 bits per heavy atom. The lowest BCUT2D eigenvalue weighted by Crippen LogP contribution is -2.30. The molecule has 0 bridgehead atoms. The fourth-order valence-electron chi connectivity index (χ4n) is 2.25. The normalized spacial score (nSPS) is 12.2. The highest BCUT2D eigenvalue weighted by Crippen LogP contribution is 2.22. The van der Waals surface area contributed by atoms with Gasteiger partial charge in [0.15, 0.2) is 0 Å². The van der Waals surface area contributed by atoms with Crippen LogP contribution in [0.1, 0.15) is 39.0 Å². The summed E-state index contributed by atoms with van der Waals surface area (Å²) in [5.74, 6) is 1.37. The van der Waals surface area contributed by atoms with Gasteiger partial charge in [0.2, 0.25) is 0 Å². The molecule has 1 unspecified atom stereocenters. The number of hydrogen-bond donors (Lipinski definition) is 1. The molecule has 2 rings (SSSR count). The molecule has 0 radical (unpaired) electrons. The van der Waals surface area contributed by atoms with Crippen LogP contribution < -0.4 is 5.32 Å². The number of carbonyl (C=O) groups excluding carboxylic acids is 1. The highest BCUT2D eigenvalue weighted by Gasteiger charge is 2.21. The lowest BCUT2D eigenvalue weighted by molar-refractivity contribution is 0.0938. The molecule has 0 fully saturated rings. The Balaban J connectivity index is 2.22. The van der Waals surface area contributed by atoms with Crippen LogP contribution in [0.5, 0.6) is 0 Å². The third-order valence-electron chi connectivity index (χ3n) is 3.45. The van der Waals surface area contributed by atoms with E-state index >= 15 is 0 Å². The largest absolute Gasteiger partial charge is 0.466 e. The topological polar surface area (TPSA) is 42.2 Å². The SMILES string of the molecule is Cc1oc(C)c(C(=O)NC(CBr)c2ccccc2)c1C. The number of alkyl halides is 1. The number of carbonyl (C=O) groups is 1. The van der Waals surface area contributed by atoms with Gasteiger partial charge in [0.1, 0.15) is 11.5 Å². The van der Waals surface area contributed by atoms with E-state index in [2.05, 4.69) is 21.2 Å². The minimum atomic E-state index is -0.0925. The van der Waals surface area contributed by atoms with Crippen molar-refractivity contribution in [2.75, 3.05) is 5.33 Å². The molecule has 1 atom stereocenters. The maximum absolute atomic E-state index is 12.5. The molecule has 3 nitrogen and oxygen atoms in total. The number of amides is 1. The number of benzene rings is 1. The lowest BCUT2D eigenvalue weighted by Gasteiger charge is -2.16. The molecule has 0 saturated heterocycles. The summed E-state index contributed by atoms with van der Waals surface area (Å²) >= 11 is 3.46. The van der Waals surface area contributed by atoms with Crippen molar-refractivity contribution in [3.63, 3.8) is 0 Å². The minimum absolute atomic E-state index is 0.0577. The first-order valence-corrected chi connectivity index (χ1v) is 7.65. The van der Waals surface area contributed by atoms with Crippen molar-refractivity contribution < 1.29 is 9.21 Å². The molecule has 0 spiro atoms. The Morgan fingerprint density at radius 1 is 1.20 bits per heavy atom. The highest BCUT2D eigenvalue weighted by atomic mass is 79.9. The van der Waals surface area contributed by atoms with Gasteiger partial charge in [0.25, 0.3) is 5.91 Å². The van der Waals surface area contributed by atoms with Crippen LogP contribution in [-0.2, 0) is 0 Å². The van der Waals surface area contributed by atoms with E-state index in [1.165, 1.54) is 0 Å². The van der Waals surface area contributed by atoms with Gasteiger partial charge in [-0.05, 0) is 26.3 Å². The summed E-state index contributed by atoms with van der Waals surface area (Å²) in [6.45, 7) is 5.60. The van der Waals surface area contributed by atoms with Gasteiger partial charge in [-0.15, -0.1) is 0 Å². The van der Waals surface area contributed by atoms with Crippen LogP contribution >= 0.6 is 15.9 Å². The van der Waals surface area contributed by atoms with Crippen LogP contribution in [0.25, 0.3) is 0 Å². The fraction of sp³-hybridized carbons (Fsp3) is 0.312. The monoisotopic (exact) mass is 335 g/mol. The van der Waals surface area contributed by atoms with Crippen molar-refractivity contribution >= 4 is 21.8 Å². The second-order valence-corrected chi connectivity index (χ2v) is 5.45. The maximum Gasteiger partial charge on any atom is 0.255 e. The fourth-order valence-corrected chi connectivity index (χ4v) is 2.79. The maximum atomic E-state index is 12.5. The standard InChI is InChI=1S/C16H18BrNO2/c1-10-11(2)20-12(3)15(10)16(19)18-14(9-17)13-7-5-4-6-8-13/h4-8,14H,9H2,1-3H3,(H,18,19). The summed E-state index contributed by atoms with van der Waals surface area (Å²) < 4.78 is 5.51. The first kappa shape index (κ1) is 14.9. The molecule has 0 aliphatic heterocycles. The van der Waals surface area contributed by atoms with E-state index in [0.717, 1.165) is 16.9 Å². The molecule has 4 heteroatoms. The van der Waals surface area contributed by atoms with Gasteiger partial charge in [0, 0.05) is 10.9 Å². The van der Waals surface area contributed by atoms with E-state index < -0.39 is 0 Å². The average molecular weight is 336 g/mol.